The van der Waals surface area contributed by atoms with Gasteiger partial charge in [-0.3, -0.25) is 4.98 Å². The van der Waals surface area contributed by atoms with E-state index in [1.165, 1.54) is 22.3 Å². The number of pyridine rings is 2. The Labute approximate surface area is 477 Å². The third kappa shape index (κ3) is 10.2. The van der Waals surface area contributed by atoms with Gasteiger partial charge in [0.25, 0.3) is 0 Å². The zero-order valence-electron chi connectivity index (χ0n) is 50.0. The maximum absolute atomic E-state index is 8.76. The van der Waals surface area contributed by atoms with Crippen LogP contribution in [0.25, 0.3) is 105 Å². The van der Waals surface area contributed by atoms with Crippen molar-refractivity contribution in [1.29, 1.82) is 0 Å². The molecule has 0 atom stereocenters. The monoisotopic (exact) mass is 1210 g/mol. The molecule has 12 rings (SSSR count). The van der Waals surface area contributed by atoms with E-state index in [1.54, 1.807) is 6.07 Å². The van der Waals surface area contributed by atoms with Gasteiger partial charge >= 0.3 is 0 Å². The number of rotatable bonds is 7. The first-order chi connectivity index (χ1) is 37.8. The van der Waals surface area contributed by atoms with Crippen LogP contribution >= 0.6 is 0 Å². The molecule has 0 N–H and O–H groups in total. The molecule has 0 spiro atoms. The summed E-state index contributed by atoms with van der Waals surface area (Å²) in [7, 11) is 0. The number of aryl methyl sites for hydroxylation is 1. The Hall–Kier alpha value is -7.25. The third-order valence-electron chi connectivity index (χ3n) is 14.5. The minimum absolute atomic E-state index is 0. The average molecular weight is 1210 g/mol. The van der Waals surface area contributed by atoms with E-state index < -0.39 is 6.85 Å². The van der Waals surface area contributed by atoms with E-state index in [9.17, 15) is 0 Å². The summed E-state index contributed by atoms with van der Waals surface area (Å²) in [6.07, 6.45) is 2.78. The van der Waals surface area contributed by atoms with Crippen LogP contribution in [-0.4, -0.2) is 24.5 Å². The van der Waals surface area contributed by atoms with Crippen LogP contribution in [-0.2, 0) is 37.4 Å². The first kappa shape index (κ1) is 50.3. The molecule has 0 bridgehead atoms. The fourth-order valence-corrected chi connectivity index (χ4v) is 10.6. The summed E-state index contributed by atoms with van der Waals surface area (Å²) in [5, 5.41) is 3.38. The van der Waals surface area contributed by atoms with Crippen molar-refractivity contribution in [2.45, 2.75) is 126 Å². The van der Waals surface area contributed by atoms with Crippen LogP contribution in [0.2, 0.25) is 0 Å². The zero-order valence-corrected chi connectivity index (χ0v) is 49.4. The molecule has 1 radical (unpaired) electrons. The summed E-state index contributed by atoms with van der Waals surface area (Å²) in [5.41, 5.74) is 16.0. The van der Waals surface area contributed by atoms with Gasteiger partial charge in [0.2, 0.25) is 5.89 Å². The maximum Gasteiger partial charge on any atom is 0.200 e. The first-order valence-electron chi connectivity index (χ1n) is 28.5. The maximum atomic E-state index is 8.76. The molecule has 7 aromatic carbocycles. The minimum atomic E-state index is -2.49. The van der Waals surface area contributed by atoms with Crippen LogP contribution < -0.4 is 0 Å². The number of fused-ring (bicyclic) bond motifs is 9. The molecule has 0 amide bonds. The van der Waals surface area contributed by atoms with Crippen molar-refractivity contribution in [2.75, 3.05) is 0 Å². The van der Waals surface area contributed by atoms with E-state index in [1.807, 2.05) is 48.7 Å². The fourth-order valence-electron chi connectivity index (χ4n) is 10.6. The quantitative estimate of drug-likeness (QED) is 0.148. The number of imidazole rings is 1. The van der Waals surface area contributed by atoms with Crippen LogP contribution in [0.15, 0.2) is 148 Å². The molecule has 5 aromatic heterocycles. The molecule has 0 unspecified atom stereocenters. The molecule has 8 heteroatoms. The van der Waals surface area contributed by atoms with Crippen molar-refractivity contribution in [3.8, 4) is 39.5 Å². The first-order valence-corrected chi connectivity index (χ1v) is 27.0. The van der Waals surface area contributed by atoms with Gasteiger partial charge in [-0.15, -0.1) is 53.6 Å². The largest absolute Gasteiger partial charge is 0.499 e. The Bertz CT molecular complexity index is 4290. The summed E-state index contributed by atoms with van der Waals surface area (Å²) in [5.74, 6) is 1.49. The van der Waals surface area contributed by atoms with Gasteiger partial charge in [0, 0.05) is 52.3 Å². The zero-order chi connectivity index (χ0) is 56.8. The molecule has 5 heterocycles. The SMILES string of the molecule is CC(C)(C)c1ccnc(-c2[c-]cccc2)c1.[2H]C([2H])([2H])c1c[c-]c(-c2nc3ccc4ccc(CC(C)(C)C)cc4c3n2-c2c(C(C)C)cc(-c3ccccc3)cc2C(C)C)c2oc3cc4c(ccc5oc(C(C)(C)C)nc54)nc3c12.[Ir]. The van der Waals surface area contributed by atoms with Crippen molar-refractivity contribution in [3.05, 3.63) is 185 Å². The molecule has 0 fully saturated rings. The van der Waals surface area contributed by atoms with Gasteiger partial charge in [-0.2, -0.15) is 0 Å². The summed E-state index contributed by atoms with van der Waals surface area (Å²) in [4.78, 5) is 20.0. The van der Waals surface area contributed by atoms with Crippen LogP contribution in [0.4, 0.5) is 0 Å². The number of hydrogen-bond acceptors (Lipinski definition) is 6. The van der Waals surface area contributed by atoms with Gasteiger partial charge in [0.15, 0.2) is 5.58 Å². The minimum Gasteiger partial charge on any atom is -0.499 e. The second kappa shape index (κ2) is 20.5. The summed E-state index contributed by atoms with van der Waals surface area (Å²) in [6, 6.07) is 52.4. The van der Waals surface area contributed by atoms with Crippen LogP contribution in [0.5, 0.6) is 0 Å². The Balaban J connectivity index is 0.000000373. The standard InChI is InChI=1S/C55H53N4O2.C15H16N.Ir/c1-30(2)38-26-36(34-15-13-12-14-16-34)27-39(31(3)4)49(38)59-50-40-25-33(29-54(6,7)8)18-19-35(40)20-22-43(50)57-52(59)37-21-17-32(5)46-48-45(60-51(37)46)28-41-42(56-48)23-24-44-47(41)58-53(61-44)55(9,10)11;1-15(2,3)13-9-10-16-14(11-13)12-7-5-4-6-8-12;/h12-20,22-28,30-31H,29H2,1-11H3;4-7,9-11H,1-3H3;/q2*-1;/i5D3;;. The smallest absolute Gasteiger partial charge is 0.200 e. The van der Waals surface area contributed by atoms with E-state index in [0.29, 0.717) is 56.0 Å². The van der Waals surface area contributed by atoms with Crippen molar-refractivity contribution in [2.24, 2.45) is 5.41 Å². The molecule has 78 heavy (non-hydrogen) atoms. The van der Waals surface area contributed by atoms with Crippen LogP contribution in [0.1, 0.15) is 140 Å². The molecule has 12 aromatic rings. The summed E-state index contributed by atoms with van der Waals surface area (Å²) in [6.45, 7) is 26.1. The second-order valence-corrected chi connectivity index (χ2v) is 24.6. The Morgan fingerprint density at radius 2 is 1.36 bits per heavy atom. The van der Waals surface area contributed by atoms with Crippen molar-refractivity contribution in [3.63, 3.8) is 0 Å². The number of nitrogens with zero attached hydrogens (tertiary/aromatic N) is 5. The van der Waals surface area contributed by atoms with E-state index in [2.05, 4.69) is 197 Å². The van der Waals surface area contributed by atoms with Gasteiger partial charge in [0.05, 0.1) is 33.5 Å². The summed E-state index contributed by atoms with van der Waals surface area (Å²) < 4.78 is 41.7. The van der Waals surface area contributed by atoms with Crippen molar-refractivity contribution in [1.82, 2.24) is 24.5 Å². The van der Waals surface area contributed by atoms with Gasteiger partial charge in [-0.25, -0.2) is 9.97 Å². The fraction of sp³-hybridized carbons (Fsp3) is 0.286. The van der Waals surface area contributed by atoms with Crippen LogP contribution in [0, 0.1) is 24.4 Å². The number of furan rings is 1. The Morgan fingerprint density at radius 1 is 0.641 bits per heavy atom. The Morgan fingerprint density at radius 3 is 2.03 bits per heavy atom. The van der Waals surface area contributed by atoms with E-state index >= 15 is 0 Å². The van der Waals surface area contributed by atoms with E-state index in [-0.39, 0.29) is 53.7 Å². The predicted octanol–water partition coefficient (Wildman–Crippen LogP) is 19.2. The third-order valence-corrected chi connectivity index (χ3v) is 14.5. The molecular formula is C70H69IrN5O2-2. The molecule has 0 aliphatic rings. The van der Waals surface area contributed by atoms with E-state index in [4.69, 9.17) is 27.9 Å². The molecule has 7 nitrogen and oxygen atoms in total. The van der Waals surface area contributed by atoms with Crippen molar-refractivity contribution < 1.29 is 33.1 Å². The predicted molar refractivity (Wildman–Crippen MR) is 320 cm³/mol. The number of hydrogen-bond donors (Lipinski definition) is 0. The van der Waals surface area contributed by atoms with Crippen LogP contribution in [0.3, 0.4) is 0 Å². The molecule has 0 aliphatic carbocycles. The molecule has 0 saturated carbocycles. The molecular weight excluding hydrogens is 1140 g/mol. The van der Waals surface area contributed by atoms with Gasteiger partial charge < -0.3 is 18.4 Å². The molecule has 0 aliphatic heterocycles. The number of oxazole rings is 1. The molecule has 397 valence electrons. The summed E-state index contributed by atoms with van der Waals surface area (Å²) >= 11 is 0. The van der Waals surface area contributed by atoms with Gasteiger partial charge in [-0.1, -0.05) is 157 Å². The topological polar surface area (TPSA) is 82.8 Å². The van der Waals surface area contributed by atoms with Gasteiger partial charge in [0.1, 0.15) is 11.1 Å². The molecule has 0 saturated heterocycles. The normalized spacial score (nSPS) is 13.1. The average Bonchev–Trinajstić information content (AvgIpc) is 4.37. The number of aromatic nitrogens is 5. The second-order valence-electron chi connectivity index (χ2n) is 24.6. The van der Waals surface area contributed by atoms with Gasteiger partial charge in [-0.05, 0) is 127 Å². The Kier molecular flexibility index (Phi) is 13.2. The number of benzene rings is 7. The van der Waals surface area contributed by atoms with Crippen molar-refractivity contribution >= 4 is 65.9 Å². The van der Waals surface area contributed by atoms with E-state index in [0.717, 1.165) is 61.7 Å².